The van der Waals surface area contributed by atoms with E-state index in [2.05, 4.69) is 31.4 Å². The van der Waals surface area contributed by atoms with E-state index >= 15 is 0 Å². The highest BCUT2D eigenvalue weighted by atomic mass is 32.2. The molecule has 0 heterocycles. The van der Waals surface area contributed by atoms with Crippen LogP contribution in [0.3, 0.4) is 0 Å². The molecule has 7 N–H and O–H groups in total. The molecule has 0 saturated heterocycles. The number of carbonyl (C=O) groups excluding carboxylic acids is 3. The van der Waals surface area contributed by atoms with E-state index in [1.165, 1.54) is 31.2 Å². The quantitative estimate of drug-likeness (QED) is 0.0365. The second-order valence-electron chi connectivity index (χ2n) is 12.4. The van der Waals surface area contributed by atoms with Gasteiger partial charge in [0, 0.05) is 33.8 Å². The highest BCUT2D eigenvalue weighted by molar-refractivity contribution is 7.91. The minimum Gasteiger partial charge on any atom is -0.399 e. The van der Waals surface area contributed by atoms with Crippen molar-refractivity contribution in [1.82, 2.24) is 0 Å². The van der Waals surface area contributed by atoms with Gasteiger partial charge in [0.2, 0.25) is 5.78 Å². The molecular weight excluding hydrogens is 763 g/mol. The van der Waals surface area contributed by atoms with Crippen molar-refractivity contribution in [3.8, 4) is 0 Å². The molecule has 0 fully saturated rings. The lowest BCUT2D eigenvalue weighted by Gasteiger charge is -2.17. The van der Waals surface area contributed by atoms with E-state index in [9.17, 15) is 40.3 Å². The smallest absolute Gasteiger partial charge is 0.296 e. The summed E-state index contributed by atoms with van der Waals surface area (Å²) in [5, 5.41) is 18.0. The van der Waals surface area contributed by atoms with Gasteiger partial charge in [0.25, 0.3) is 32.1 Å². The first kappa shape index (κ1) is 38.9. The Balaban J connectivity index is 1.14. The fourth-order valence-electron chi connectivity index (χ4n) is 5.43. The number of amides is 2. The average Bonchev–Trinajstić information content (AvgIpc) is 3.14. The number of nitrogen functional groups attached to an aromatic ring is 1. The number of azo groups is 1. The lowest BCUT2D eigenvalue weighted by Crippen LogP contribution is -2.27. The Labute approximate surface area is 320 Å². The largest absolute Gasteiger partial charge is 0.399 e. The highest BCUT2D eigenvalue weighted by Crippen LogP contribution is 2.31. The standard InChI is InChI=1S/C38H31N7O9S2/c1-21-17-28(41-38(48)24-5-9-27(10-6-24)40-37(47)23-3-7-26(39)8-4-23)12-15-32(21)43-42-29-11-14-31-25(19-29)20-34(56(52,53)54)35(36(31)46)45-44-33-16-13-30(18-22(33)2)55(49,50)51/h3-20,44H,39H2,1-2H3,(H,40,47)(H,41,48)(H,49,50,51)(H,52,53,54)/b43-42?,45-35+. The number of allylic oxidation sites excluding steroid dienone is 1. The number of nitrogens with one attached hydrogen (secondary N) is 3. The summed E-state index contributed by atoms with van der Waals surface area (Å²) < 4.78 is 66.8. The molecule has 0 aliphatic heterocycles. The van der Waals surface area contributed by atoms with Crippen molar-refractivity contribution in [1.29, 1.82) is 0 Å². The number of ketones is 1. The molecule has 0 aromatic heterocycles. The van der Waals surface area contributed by atoms with E-state index in [1.807, 2.05) is 0 Å². The molecule has 0 saturated carbocycles. The number of anilines is 4. The maximum atomic E-state index is 13.4. The summed E-state index contributed by atoms with van der Waals surface area (Å²) in [5.74, 6) is -1.54. The van der Waals surface area contributed by atoms with Crippen LogP contribution in [0.4, 0.5) is 34.1 Å². The number of hydrogen-bond acceptors (Lipinski definition) is 12. The lowest BCUT2D eigenvalue weighted by molar-refractivity contribution is 0.102. The maximum absolute atomic E-state index is 13.4. The molecule has 284 valence electrons. The topological polar surface area (TPSA) is 259 Å². The first-order valence-corrected chi connectivity index (χ1v) is 19.2. The fraction of sp³-hybridized carbons (Fsp3) is 0.0526. The summed E-state index contributed by atoms with van der Waals surface area (Å²) in [4.78, 5) is 37.7. The average molecular weight is 794 g/mol. The van der Waals surface area contributed by atoms with Crippen LogP contribution in [0.25, 0.3) is 6.08 Å². The Morgan fingerprint density at radius 3 is 1.91 bits per heavy atom. The van der Waals surface area contributed by atoms with Gasteiger partial charge in [-0.25, -0.2) is 0 Å². The molecule has 0 bridgehead atoms. The molecule has 0 atom stereocenters. The maximum Gasteiger partial charge on any atom is 0.296 e. The molecule has 56 heavy (non-hydrogen) atoms. The molecule has 0 unspecified atom stereocenters. The second kappa shape index (κ2) is 15.5. The van der Waals surface area contributed by atoms with Crippen LogP contribution in [0, 0.1) is 13.8 Å². The van der Waals surface area contributed by atoms with Crippen LogP contribution in [0.1, 0.15) is 47.8 Å². The zero-order chi connectivity index (χ0) is 40.4. The van der Waals surface area contributed by atoms with Crippen molar-refractivity contribution < 1.29 is 40.3 Å². The second-order valence-corrected chi connectivity index (χ2v) is 15.2. The normalized spacial score (nSPS) is 13.6. The van der Waals surface area contributed by atoms with E-state index in [0.29, 0.717) is 45.0 Å². The number of carbonyl (C=O) groups is 3. The molecule has 5 aromatic rings. The number of hydrazone groups is 1. The van der Waals surface area contributed by atoms with E-state index in [1.54, 1.807) is 73.7 Å². The molecule has 0 spiro atoms. The van der Waals surface area contributed by atoms with Crippen molar-refractivity contribution >= 4 is 83.7 Å². The third kappa shape index (κ3) is 8.91. The first-order chi connectivity index (χ1) is 26.5. The molecule has 5 aromatic carbocycles. The number of benzene rings is 5. The van der Waals surface area contributed by atoms with Crippen molar-refractivity contribution in [2.45, 2.75) is 18.7 Å². The predicted octanol–water partition coefficient (Wildman–Crippen LogP) is 6.95. The van der Waals surface area contributed by atoms with Crippen LogP contribution in [-0.2, 0) is 20.2 Å². The van der Waals surface area contributed by atoms with E-state index in [-0.39, 0.29) is 39.2 Å². The molecular formula is C38H31N7O9S2. The van der Waals surface area contributed by atoms with Gasteiger partial charge < -0.3 is 16.4 Å². The molecule has 16 nitrogen and oxygen atoms in total. The number of rotatable bonds is 10. The predicted molar refractivity (Wildman–Crippen MR) is 211 cm³/mol. The van der Waals surface area contributed by atoms with Gasteiger partial charge in [-0.05, 0) is 140 Å². The molecule has 18 heteroatoms. The van der Waals surface area contributed by atoms with Crippen molar-refractivity contribution in [2.75, 3.05) is 21.8 Å². The minimum absolute atomic E-state index is 0.0594. The molecule has 2 amide bonds. The summed E-state index contributed by atoms with van der Waals surface area (Å²) in [6.07, 6.45) is 1.06. The van der Waals surface area contributed by atoms with Crippen LogP contribution >= 0.6 is 0 Å². The van der Waals surface area contributed by atoms with Crippen LogP contribution in [0.2, 0.25) is 0 Å². The summed E-state index contributed by atoms with van der Waals surface area (Å²) in [6.45, 7) is 3.25. The van der Waals surface area contributed by atoms with Gasteiger partial charge in [0.1, 0.15) is 4.91 Å². The summed E-state index contributed by atoms with van der Waals surface area (Å²) in [7, 11) is -9.43. The summed E-state index contributed by atoms with van der Waals surface area (Å²) in [5.41, 5.74) is 11.9. The van der Waals surface area contributed by atoms with Crippen LogP contribution < -0.4 is 21.8 Å². The van der Waals surface area contributed by atoms with Crippen LogP contribution in [0.5, 0.6) is 0 Å². The van der Waals surface area contributed by atoms with Gasteiger partial charge in [-0.1, -0.05) is 0 Å². The minimum atomic E-state index is -4.96. The van der Waals surface area contributed by atoms with E-state index < -0.39 is 36.6 Å². The monoisotopic (exact) mass is 793 g/mol. The van der Waals surface area contributed by atoms with E-state index in [4.69, 9.17) is 5.73 Å². The van der Waals surface area contributed by atoms with Gasteiger partial charge in [-0.15, -0.1) is 0 Å². The zero-order valence-corrected chi connectivity index (χ0v) is 31.0. The lowest BCUT2D eigenvalue weighted by atomic mass is 9.94. The van der Waals surface area contributed by atoms with Crippen LogP contribution in [0.15, 0.2) is 128 Å². The molecule has 6 rings (SSSR count). The Kier molecular flexibility index (Phi) is 10.7. The Bertz CT molecular complexity index is 2750. The number of Topliss-reactive ketones (excluding diaryl/α,β-unsaturated/α-hetero) is 1. The third-order valence-corrected chi connectivity index (χ3v) is 10.1. The van der Waals surface area contributed by atoms with Crippen molar-refractivity contribution in [3.63, 3.8) is 0 Å². The van der Waals surface area contributed by atoms with Gasteiger partial charge in [-0.2, -0.15) is 32.2 Å². The fourth-order valence-corrected chi connectivity index (χ4v) is 6.66. The van der Waals surface area contributed by atoms with Gasteiger partial charge in [-0.3, -0.25) is 28.9 Å². The first-order valence-electron chi connectivity index (χ1n) is 16.4. The number of nitrogens with zero attached hydrogens (tertiary/aromatic N) is 3. The zero-order valence-electron chi connectivity index (χ0n) is 29.4. The Morgan fingerprint density at radius 2 is 1.30 bits per heavy atom. The number of nitrogens with two attached hydrogens (primary N) is 1. The van der Waals surface area contributed by atoms with E-state index in [0.717, 1.165) is 18.2 Å². The SMILES string of the molecule is Cc1cc(NC(=O)c2ccc(NC(=O)c3ccc(N)cc3)cc2)ccc1N=Nc1ccc2c(c1)C=C(S(=O)(=O)O)/C(=N\Nc1ccc(S(=O)(=O)O)cc1C)C2=O. The Hall–Kier alpha value is -6.86. The van der Waals surface area contributed by atoms with Gasteiger partial charge in [0.05, 0.1) is 22.0 Å². The summed E-state index contributed by atoms with van der Waals surface area (Å²) in [6, 6.07) is 25.6. The number of aryl methyl sites for hydroxylation is 2. The van der Waals surface area contributed by atoms with Gasteiger partial charge in [0.15, 0.2) is 5.71 Å². The third-order valence-electron chi connectivity index (χ3n) is 8.38. The molecule has 1 aliphatic rings. The van der Waals surface area contributed by atoms with Crippen molar-refractivity contribution in [3.05, 3.63) is 141 Å². The van der Waals surface area contributed by atoms with Crippen molar-refractivity contribution in [2.24, 2.45) is 15.3 Å². The van der Waals surface area contributed by atoms with Gasteiger partial charge >= 0.3 is 0 Å². The Morgan fingerprint density at radius 1 is 0.679 bits per heavy atom. The number of hydrogen-bond donors (Lipinski definition) is 6. The number of fused-ring (bicyclic) bond motifs is 1. The molecule has 1 aliphatic carbocycles. The summed E-state index contributed by atoms with van der Waals surface area (Å²) >= 11 is 0. The molecule has 0 radical (unpaired) electrons. The van der Waals surface area contributed by atoms with Crippen LogP contribution in [-0.4, -0.2) is 49.3 Å². The highest BCUT2D eigenvalue weighted by Gasteiger charge is 2.33.